The number of sulfonamides is 1. The molecule has 18 heavy (non-hydrogen) atoms. The maximum Gasteiger partial charge on any atom is 0.260 e. The number of aromatic nitrogens is 1. The van der Waals surface area contributed by atoms with Crippen LogP contribution < -0.4 is 10.0 Å². The van der Waals surface area contributed by atoms with E-state index in [0.29, 0.717) is 12.2 Å². The Balaban J connectivity index is 2.63. The van der Waals surface area contributed by atoms with Crippen LogP contribution in [-0.2, 0) is 10.0 Å². The van der Waals surface area contributed by atoms with E-state index in [0.717, 1.165) is 25.7 Å². The molecule has 0 fully saturated rings. The summed E-state index contributed by atoms with van der Waals surface area (Å²) in [5, 5.41) is 2.89. The Morgan fingerprint density at radius 2 is 2.06 bits per heavy atom. The summed E-state index contributed by atoms with van der Waals surface area (Å²) in [6, 6.07) is 3.39. The molecule has 102 valence electrons. The smallest absolute Gasteiger partial charge is 0.260 e. The quantitative estimate of drug-likeness (QED) is 0.709. The van der Waals surface area contributed by atoms with Gasteiger partial charge in [-0.1, -0.05) is 26.2 Å². The predicted octanol–water partition coefficient (Wildman–Crippen LogP) is 1.98. The summed E-state index contributed by atoms with van der Waals surface area (Å²) < 4.78 is 26.6. The highest BCUT2D eigenvalue weighted by Crippen LogP contribution is 2.16. The van der Waals surface area contributed by atoms with E-state index in [2.05, 4.69) is 21.9 Å². The van der Waals surface area contributed by atoms with E-state index < -0.39 is 10.0 Å². The van der Waals surface area contributed by atoms with Crippen molar-refractivity contribution in [3.63, 3.8) is 0 Å². The number of hydrogen-bond acceptors (Lipinski definition) is 4. The highest BCUT2D eigenvalue weighted by Gasteiger charge is 2.18. The number of pyridine rings is 1. The molecule has 0 unspecified atom stereocenters. The lowest BCUT2D eigenvalue weighted by Gasteiger charge is -2.09. The van der Waals surface area contributed by atoms with Gasteiger partial charge in [-0.15, -0.1) is 0 Å². The lowest BCUT2D eigenvalue weighted by Crippen LogP contribution is -2.26. The molecule has 0 aliphatic carbocycles. The molecule has 1 aromatic rings. The van der Waals surface area contributed by atoms with Crippen molar-refractivity contribution in [3.8, 4) is 0 Å². The Hall–Kier alpha value is -1.14. The first-order chi connectivity index (χ1) is 8.61. The van der Waals surface area contributed by atoms with Crippen LogP contribution in [0.5, 0.6) is 0 Å². The zero-order valence-electron chi connectivity index (χ0n) is 10.9. The van der Waals surface area contributed by atoms with Crippen molar-refractivity contribution in [2.45, 2.75) is 37.6 Å². The predicted molar refractivity (Wildman–Crippen MR) is 73.1 cm³/mol. The summed E-state index contributed by atoms with van der Waals surface area (Å²) in [5.41, 5.74) is 0.513. The average molecular weight is 271 g/mol. The second-order valence-electron chi connectivity index (χ2n) is 4.06. The molecule has 0 saturated carbocycles. The SMILES string of the molecule is CCCCCCNS(=O)(=O)c1ncccc1NC. The van der Waals surface area contributed by atoms with Gasteiger partial charge in [-0.25, -0.2) is 18.1 Å². The van der Waals surface area contributed by atoms with E-state index in [1.807, 2.05) is 0 Å². The molecule has 0 amide bonds. The zero-order chi connectivity index (χ0) is 13.4. The fraction of sp³-hybridized carbons (Fsp3) is 0.583. The van der Waals surface area contributed by atoms with E-state index >= 15 is 0 Å². The third-order valence-corrected chi connectivity index (χ3v) is 4.04. The highest BCUT2D eigenvalue weighted by atomic mass is 32.2. The molecule has 0 aromatic carbocycles. The Morgan fingerprint density at radius 1 is 1.28 bits per heavy atom. The molecule has 5 nitrogen and oxygen atoms in total. The number of rotatable bonds is 8. The Kier molecular flexibility index (Phi) is 6.07. The minimum atomic E-state index is -3.51. The van der Waals surface area contributed by atoms with Gasteiger partial charge in [-0.2, -0.15) is 0 Å². The van der Waals surface area contributed by atoms with Crippen molar-refractivity contribution < 1.29 is 8.42 Å². The Bertz CT molecular complexity index is 460. The van der Waals surface area contributed by atoms with Crippen LogP contribution in [0.15, 0.2) is 23.4 Å². The molecule has 0 bridgehead atoms. The van der Waals surface area contributed by atoms with Crippen LogP contribution in [0.25, 0.3) is 0 Å². The van der Waals surface area contributed by atoms with Crippen LogP contribution in [0.4, 0.5) is 5.69 Å². The molecule has 2 N–H and O–H groups in total. The standard InChI is InChI=1S/C12H21N3O2S/c1-3-4-5-6-10-15-18(16,17)12-11(13-2)8-7-9-14-12/h7-9,13,15H,3-6,10H2,1-2H3. The maximum absolute atomic E-state index is 12.0. The van der Waals surface area contributed by atoms with Crippen LogP contribution in [-0.4, -0.2) is 27.0 Å². The molecular formula is C12H21N3O2S. The number of nitrogens with one attached hydrogen (secondary N) is 2. The van der Waals surface area contributed by atoms with Gasteiger partial charge in [0.25, 0.3) is 10.0 Å². The second kappa shape index (κ2) is 7.33. The molecule has 1 rings (SSSR count). The van der Waals surface area contributed by atoms with E-state index in [1.54, 1.807) is 19.2 Å². The molecule has 1 aromatic heterocycles. The van der Waals surface area contributed by atoms with Crippen molar-refractivity contribution >= 4 is 15.7 Å². The number of hydrogen-bond donors (Lipinski definition) is 2. The van der Waals surface area contributed by atoms with Crippen molar-refractivity contribution in [2.75, 3.05) is 18.9 Å². The van der Waals surface area contributed by atoms with Crippen LogP contribution in [0.2, 0.25) is 0 Å². The summed E-state index contributed by atoms with van der Waals surface area (Å²) in [4.78, 5) is 3.92. The van der Waals surface area contributed by atoms with Gasteiger partial charge < -0.3 is 5.32 Å². The third kappa shape index (κ3) is 4.27. The van der Waals surface area contributed by atoms with Crippen molar-refractivity contribution in [1.82, 2.24) is 9.71 Å². The zero-order valence-corrected chi connectivity index (χ0v) is 11.8. The van der Waals surface area contributed by atoms with Crippen molar-refractivity contribution in [2.24, 2.45) is 0 Å². The fourth-order valence-corrected chi connectivity index (χ4v) is 2.83. The van der Waals surface area contributed by atoms with Crippen molar-refractivity contribution in [1.29, 1.82) is 0 Å². The van der Waals surface area contributed by atoms with Gasteiger partial charge in [-0.05, 0) is 18.6 Å². The first-order valence-electron chi connectivity index (χ1n) is 6.24. The number of anilines is 1. The molecule has 0 aliphatic heterocycles. The van der Waals surface area contributed by atoms with Gasteiger partial charge in [0.2, 0.25) is 0 Å². The van der Waals surface area contributed by atoms with E-state index in [1.165, 1.54) is 6.20 Å². The minimum Gasteiger partial charge on any atom is -0.386 e. The molecule has 6 heteroatoms. The number of nitrogens with zero attached hydrogens (tertiary/aromatic N) is 1. The molecule has 0 saturated heterocycles. The third-order valence-electron chi connectivity index (χ3n) is 2.62. The summed E-state index contributed by atoms with van der Waals surface area (Å²) in [5.74, 6) is 0. The topological polar surface area (TPSA) is 71.1 Å². The average Bonchev–Trinajstić information content (AvgIpc) is 2.38. The lowest BCUT2D eigenvalue weighted by atomic mass is 10.2. The summed E-state index contributed by atoms with van der Waals surface area (Å²) >= 11 is 0. The largest absolute Gasteiger partial charge is 0.386 e. The highest BCUT2D eigenvalue weighted by molar-refractivity contribution is 7.89. The van der Waals surface area contributed by atoms with Gasteiger partial charge in [0.1, 0.15) is 0 Å². The lowest BCUT2D eigenvalue weighted by molar-refractivity contribution is 0.570. The Labute approximate surface area is 109 Å². The molecule has 0 radical (unpaired) electrons. The second-order valence-corrected chi connectivity index (χ2v) is 5.75. The van der Waals surface area contributed by atoms with Gasteiger partial charge in [0, 0.05) is 19.8 Å². The molecule has 0 spiro atoms. The molecule has 0 aliphatic rings. The van der Waals surface area contributed by atoms with Gasteiger partial charge in [-0.3, -0.25) is 0 Å². The van der Waals surface area contributed by atoms with E-state index in [4.69, 9.17) is 0 Å². The molecule has 1 heterocycles. The summed E-state index contributed by atoms with van der Waals surface area (Å²) in [6.07, 6.45) is 5.64. The van der Waals surface area contributed by atoms with Crippen LogP contribution in [0, 0.1) is 0 Å². The van der Waals surface area contributed by atoms with Crippen LogP contribution in [0.1, 0.15) is 32.6 Å². The van der Waals surface area contributed by atoms with Crippen LogP contribution >= 0.6 is 0 Å². The molecular weight excluding hydrogens is 250 g/mol. The Morgan fingerprint density at radius 3 is 2.72 bits per heavy atom. The van der Waals surface area contributed by atoms with Crippen LogP contribution in [0.3, 0.4) is 0 Å². The summed E-state index contributed by atoms with van der Waals surface area (Å²) in [6.45, 7) is 2.58. The summed E-state index contributed by atoms with van der Waals surface area (Å²) in [7, 11) is -1.84. The fourth-order valence-electron chi connectivity index (χ4n) is 1.62. The first kappa shape index (κ1) is 14.9. The van der Waals surface area contributed by atoms with E-state index in [-0.39, 0.29) is 5.03 Å². The maximum atomic E-state index is 12.0. The first-order valence-corrected chi connectivity index (χ1v) is 7.72. The van der Waals surface area contributed by atoms with Gasteiger partial charge in [0.05, 0.1) is 5.69 Å². The van der Waals surface area contributed by atoms with Gasteiger partial charge in [0.15, 0.2) is 5.03 Å². The van der Waals surface area contributed by atoms with E-state index in [9.17, 15) is 8.42 Å². The van der Waals surface area contributed by atoms with Crippen molar-refractivity contribution in [3.05, 3.63) is 18.3 Å². The minimum absolute atomic E-state index is 0.0583. The van der Waals surface area contributed by atoms with Gasteiger partial charge >= 0.3 is 0 Å². The number of unbranched alkanes of at least 4 members (excludes halogenated alkanes) is 3. The normalized spacial score (nSPS) is 11.4. The monoisotopic (exact) mass is 271 g/mol. The molecule has 0 atom stereocenters.